The molecule has 3 aromatic heterocycles. The number of aromatic nitrogens is 3. The number of hydrogen-bond acceptors (Lipinski definition) is 8. The van der Waals surface area contributed by atoms with E-state index in [0.717, 1.165) is 22.1 Å². The van der Waals surface area contributed by atoms with E-state index in [9.17, 15) is 36.6 Å². The Labute approximate surface area is 273 Å². The number of pyridine rings is 1. The number of carbonyl (C=O) groups excluding carboxylic acids is 2. The number of primary amides is 1. The number of nitrogens with zero attached hydrogens (tertiary/aromatic N) is 3. The van der Waals surface area contributed by atoms with Gasteiger partial charge < -0.3 is 25.6 Å². The molecule has 2 amide bonds. The van der Waals surface area contributed by atoms with Crippen molar-refractivity contribution in [3.8, 4) is 22.8 Å². The molecule has 48 heavy (non-hydrogen) atoms. The van der Waals surface area contributed by atoms with E-state index in [2.05, 4.69) is 15.4 Å². The zero-order valence-electron chi connectivity index (χ0n) is 25.5. The van der Waals surface area contributed by atoms with Gasteiger partial charge in [0.2, 0.25) is 17.3 Å². The number of amides is 2. The molecule has 1 atom stereocenters. The van der Waals surface area contributed by atoms with Crippen LogP contribution in [0.4, 0.5) is 22.0 Å². The zero-order chi connectivity index (χ0) is 34.6. The first-order valence-corrected chi connectivity index (χ1v) is 15.5. The molecule has 0 spiro atoms. The zero-order valence-corrected chi connectivity index (χ0v) is 26.3. The number of hydrogen-bond donors (Lipinski definition) is 3. The average Bonchev–Trinajstić information content (AvgIpc) is 3.42. The first kappa shape index (κ1) is 33.1. The van der Waals surface area contributed by atoms with Gasteiger partial charge in [-0.3, -0.25) is 9.59 Å². The highest BCUT2D eigenvalue weighted by Gasteiger charge is 2.57. The van der Waals surface area contributed by atoms with Gasteiger partial charge in [-0.15, -0.1) is 11.3 Å². The Kier molecular flexibility index (Phi) is 8.27. The molecule has 0 bridgehead atoms. The predicted molar refractivity (Wildman–Crippen MR) is 166 cm³/mol. The normalized spacial score (nSPS) is 15.3. The van der Waals surface area contributed by atoms with Crippen LogP contribution in [0.1, 0.15) is 41.4 Å². The number of ether oxygens (including phenoxy) is 2. The highest BCUT2D eigenvalue weighted by molar-refractivity contribution is 7.17. The lowest BCUT2D eigenvalue weighted by molar-refractivity contribution is -0.265. The van der Waals surface area contributed by atoms with E-state index in [-0.39, 0.29) is 63.5 Å². The summed E-state index contributed by atoms with van der Waals surface area (Å²) in [6.07, 6.45) is -4.10. The summed E-state index contributed by atoms with van der Waals surface area (Å²) in [7, 11) is 1.30. The minimum atomic E-state index is -5.41. The van der Waals surface area contributed by atoms with Crippen molar-refractivity contribution >= 4 is 44.1 Å². The van der Waals surface area contributed by atoms with Gasteiger partial charge in [0.15, 0.2) is 0 Å². The largest absolute Gasteiger partial charge is 0.494 e. The van der Waals surface area contributed by atoms with Gasteiger partial charge in [-0.05, 0) is 31.2 Å². The number of fused-ring (bicyclic) bond motifs is 2. The molecule has 1 fully saturated rings. The molecule has 6 rings (SSSR count). The minimum absolute atomic E-state index is 0.0227. The minimum Gasteiger partial charge on any atom is -0.494 e. The Bertz CT molecular complexity index is 2080. The summed E-state index contributed by atoms with van der Waals surface area (Å²) < 4.78 is 86.1. The molecule has 0 aliphatic heterocycles. The van der Waals surface area contributed by atoms with E-state index in [1.807, 2.05) is 0 Å². The third-order valence-corrected chi connectivity index (χ3v) is 9.04. The molecule has 16 heteroatoms. The van der Waals surface area contributed by atoms with Crippen molar-refractivity contribution in [2.45, 2.75) is 43.8 Å². The van der Waals surface area contributed by atoms with Crippen LogP contribution in [0, 0.1) is 5.82 Å². The van der Waals surface area contributed by atoms with E-state index in [1.54, 1.807) is 13.0 Å². The summed E-state index contributed by atoms with van der Waals surface area (Å²) >= 11 is 0.982. The Balaban J connectivity index is 1.42. The smallest absolute Gasteiger partial charge is 0.424 e. The first-order chi connectivity index (χ1) is 22.7. The van der Waals surface area contributed by atoms with E-state index in [0.29, 0.717) is 10.8 Å². The van der Waals surface area contributed by atoms with Gasteiger partial charge in [-0.25, -0.2) is 18.4 Å². The van der Waals surface area contributed by atoms with Crippen LogP contribution in [-0.2, 0) is 22.6 Å². The van der Waals surface area contributed by atoms with E-state index in [1.165, 1.54) is 43.0 Å². The molecule has 1 saturated carbocycles. The third kappa shape index (κ3) is 5.78. The lowest BCUT2D eigenvalue weighted by Gasteiger charge is -2.31. The van der Waals surface area contributed by atoms with Crippen LogP contribution < -0.4 is 20.5 Å². The monoisotopic (exact) mass is 689 g/mol. The second kappa shape index (κ2) is 12.0. The summed E-state index contributed by atoms with van der Waals surface area (Å²) in [5.74, 6) is -4.13. The second-order valence-electron chi connectivity index (χ2n) is 11.3. The molecule has 1 aliphatic rings. The SMILES string of the molecule is CCOc1c(CC(N)=O)cc([C@@](O)(CNC(=O)c2cc(OC)c3nn(C4(F)CC4)cc3c2)C(F)(F)F)nc1-c1csc2c(F)cccc12. The van der Waals surface area contributed by atoms with Crippen LogP contribution in [0.5, 0.6) is 11.5 Å². The molecular formula is C32H28F5N5O5S. The Morgan fingerprint density at radius 1 is 1.21 bits per heavy atom. The molecule has 2 aromatic carbocycles. The predicted octanol–water partition coefficient (Wildman–Crippen LogP) is 5.48. The summed E-state index contributed by atoms with van der Waals surface area (Å²) in [6, 6.07) is 7.59. The van der Waals surface area contributed by atoms with Crippen molar-refractivity contribution in [1.82, 2.24) is 20.1 Å². The van der Waals surface area contributed by atoms with Crippen molar-refractivity contribution in [3.63, 3.8) is 0 Å². The fourth-order valence-electron chi connectivity index (χ4n) is 5.38. The molecule has 3 heterocycles. The maximum Gasteiger partial charge on any atom is 0.424 e. The molecule has 10 nitrogen and oxygen atoms in total. The standard InChI is InChI=1S/C32H28F5N5O5S/c1-3-47-27-16(12-24(38)43)11-23(40-26(27)20-14-48-28-19(20)5-4-6-21(28)33)31(45,32(35,36)37)15-39-29(44)17-9-18-13-42(30(34)7-8-30)41-25(18)22(10-17)46-2/h4-6,9-11,13-14,45H,3,7-8,12,15H2,1-2H3,(H2,38,43)(H,39,44)/t31-/m0/s1. The van der Waals surface area contributed by atoms with E-state index < -0.39 is 53.9 Å². The lowest BCUT2D eigenvalue weighted by atomic mass is 9.93. The highest BCUT2D eigenvalue weighted by Crippen LogP contribution is 2.46. The van der Waals surface area contributed by atoms with Crippen LogP contribution in [0.2, 0.25) is 0 Å². The van der Waals surface area contributed by atoms with Crippen molar-refractivity contribution in [2.24, 2.45) is 5.73 Å². The number of alkyl halides is 4. The van der Waals surface area contributed by atoms with Crippen LogP contribution in [-0.4, -0.2) is 58.1 Å². The summed E-state index contributed by atoms with van der Waals surface area (Å²) in [6.45, 7) is 0.227. The summed E-state index contributed by atoms with van der Waals surface area (Å²) in [5.41, 5.74) is 0.669. The van der Waals surface area contributed by atoms with Gasteiger partial charge in [-0.1, -0.05) is 12.1 Å². The number of rotatable bonds is 11. The fourth-order valence-corrected chi connectivity index (χ4v) is 6.34. The van der Waals surface area contributed by atoms with Gasteiger partial charge in [-0.2, -0.15) is 18.3 Å². The summed E-state index contributed by atoms with van der Waals surface area (Å²) in [4.78, 5) is 29.5. The third-order valence-electron chi connectivity index (χ3n) is 8.04. The van der Waals surface area contributed by atoms with Crippen molar-refractivity contribution in [1.29, 1.82) is 0 Å². The topological polar surface area (TPSA) is 142 Å². The number of aliphatic hydroxyl groups is 1. The first-order valence-electron chi connectivity index (χ1n) is 14.6. The molecule has 252 valence electrons. The molecular weight excluding hydrogens is 661 g/mol. The average molecular weight is 690 g/mol. The van der Waals surface area contributed by atoms with Crippen molar-refractivity contribution in [2.75, 3.05) is 20.3 Å². The quantitative estimate of drug-likeness (QED) is 0.156. The number of thiophene rings is 1. The number of nitrogens with one attached hydrogen (secondary N) is 1. The maximum atomic E-state index is 14.8. The van der Waals surface area contributed by atoms with Gasteiger partial charge in [0, 0.05) is 51.9 Å². The van der Waals surface area contributed by atoms with Crippen molar-refractivity contribution < 1.29 is 46.1 Å². The number of halogens is 5. The number of methoxy groups -OCH3 is 1. The van der Waals surface area contributed by atoms with Gasteiger partial charge in [0.25, 0.3) is 5.91 Å². The number of nitrogens with two attached hydrogens (primary N) is 1. The van der Waals surface area contributed by atoms with Crippen LogP contribution in [0.3, 0.4) is 0 Å². The lowest BCUT2D eigenvalue weighted by Crippen LogP contribution is -2.51. The Hall–Kier alpha value is -4.83. The van der Waals surface area contributed by atoms with Crippen molar-refractivity contribution in [3.05, 3.63) is 70.6 Å². The van der Waals surface area contributed by atoms with Gasteiger partial charge in [0.1, 0.15) is 28.5 Å². The molecule has 4 N–H and O–H groups in total. The van der Waals surface area contributed by atoms with Gasteiger partial charge >= 0.3 is 6.18 Å². The molecule has 1 aliphatic carbocycles. The van der Waals surface area contributed by atoms with Crippen LogP contribution in [0.15, 0.2) is 48.0 Å². The van der Waals surface area contributed by atoms with Crippen LogP contribution >= 0.6 is 11.3 Å². The Morgan fingerprint density at radius 3 is 2.60 bits per heavy atom. The van der Waals surface area contributed by atoms with E-state index >= 15 is 0 Å². The molecule has 0 unspecified atom stereocenters. The number of carbonyl (C=O) groups is 2. The molecule has 0 saturated heterocycles. The fraction of sp³-hybridized carbons (Fsp3) is 0.312. The number of benzene rings is 2. The highest BCUT2D eigenvalue weighted by atomic mass is 32.1. The second-order valence-corrected chi connectivity index (χ2v) is 12.2. The molecule has 0 radical (unpaired) electrons. The molecule has 5 aromatic rings. The van der Waals surface area contributed by atoms with Crippen LogP contribution in [0.25, 0.3) is 32.2 Å². The Morgan fingerprint density at radius 2 is 1.96 bits per heavy atom. The van der Waals surface area contributed by atoms with E-state index in [4.69, 9.17) is 15.2 Å². The van der Waals surface area contributed by atoms with Gasteiger partial charge in [0.05, 0.1) is 37.1 Å². The summed E-state index contributed by atoms with van der Waals surface area (Å²) in [5, 5.41) is 19.8. The maximum absolute atomic E-state index is 14.8.